The highest BCUT2D eigenvalue weighted by Gasteiger charge is 2.13. The van der Waals surface area contributed by atoms with Crippen molar-refractivity contribution in [2.45, 2.75) is 13.0 Å². The van der Waals surface area contributed by atoms with Gasteiger partial charge in [-0.3, -0.25) is 0 Å². The summed E-state index contributed by atoms with van der Waals surface area (Å²) in [6.07, 6.45) is -2.58. The van der Waals surface area contributed by atoms with Crippen LogP contribution in [-0.4, -0.2) is 12.2 Å². The molecule has 0 saturated heterocycles. The molecule has 0 aliphatic rings. The van der Waals surface area contributed by atoms with Crippen LogP contribution in [0.25, 0.3) is 0 Å². The highest BCUT2D eigenvalue weighted by Crippen LogP contribution is 2.18. The molecule has 0 aromatic carbocycles. The lowest BCUT2D eigenvalue weighted by atomic mass is 10.4. The molecule has 11 heavy (non-hydrogen) atoms. The van der Waals surface area contributed by atoms with Gasteiger partial charge in [0.25, 0.3) is 6.43 Å². The number of nitrogens with one attached hydrogen (secondary N) is 1. The molecule has 0 spiro atoms. The third-order valence-electron chi connectivity index (χ3n) is 1.15. The smallest absolute Gasteiger partial charge is 0.298 e. The molecule has 0 radical (unpaired) electrons. The molecular weight excluding hydrogens is 154 g/mol. The average Bonchev–Trinajstić information content (AvgIpc) is 2.37. The van der Waals surface area contributed by atoms with Crippen LogP contribution in [0.4, 0.5) is 8.78 Å². The molecule has 1 heterocycles. The van der Waals surface area contributed by atoms with Crippen molar-refractivity contribution in [2.75, 3.05) is 7.05 Å². The number of halogens is 2. The van der Waals surface area contributed by atoms with Crippen molar-refractivity contribution in [1.29, 1.82) is 0 Å². The predicted octanol–water partition coefficient (Wildman–Crippen LogP) is 1.33. The molecule has 0 unspecified atom stereocenters. The van der Waals surface area contributed by atoms with E-state index in [-0.39, 0.29) is 5.76 Å². The van der Waals surface area contributed by atoms with Gasteiger partial charge in [0.05, 0.1) is 5.69 Å². The summed E-state index contributed by atoms with van der Waals surface area (Å²) in [6.45, 7) is 0.441. The van der Waals surface area contributed by atoms with E-state index in [1.54, 1.807) is 7.05 Å². The molecule has 0 saturated carbocycles. The van der Waals surface area contributed by atoms with Gasteiger partial charge in [-0.05, 0) is 7.05 Å². The van der Waals surface area contributed by atoms with E-state index in [9.17, 15) is 8.78 Å². The monoisotopic (exact) mass is 162 g/mol. The summed E-state index contributed by atoms with van der Waals surface area (Å²) in [4.78, 5) is 0. The molecule has 3 nitrogen and oxygen atoms in total. The fourth-order valence-corrected chi connectivity index (χ4v) is 0.696. The van der Waals surface area contributed by atoms with Crippen molar-refractivity contribution in [3.8, 4) is 0 Å². The van der Waals surface area contributed by atoms with Crippen molar-refractivity contribution in [2.24, 2.45) is 0 Å². The largest absolute Gasteiger partial charge is 0.355 e. The molecule has 5 heteroatoms. The maximum absolute atomic E-state index is 11.9. The molecule has 0 aliphatic carbocycles. The van der Waals surface area contributed by atoms with Gasteiger partial charge in [0.2, 0.25) is 5.76 Å². The Morgan fingerprint density at radius 2 is 2.45 bits per heavy atom. The van der Waals surface area contributed by atoms with Gasteiger partial charge in [-0.2, -0.15) is 0 Å². The Morgan fingerprint density at radius 3 is 2.91 bits per heavy atom. The average molecular weight is 162 g/mol. The van der Waals surface area contributed by atoms with Crippen molar-refractivity contribution < 1.29 is 13.3 Å². The summed E-state index contributed by atoms with van der Waals surface area (Å²) >= 11 is 0. The standard InChI is InChI=1S/C6H8F2N2O/c1-9-3-4-2-5(6(7)8)11-10-4/h2,6,9H,3H2,1H3. The molecule has 62 valence electrons. The molecule has 0 amide bonds. The molecule has 0 atom stereocenters. The van der Waals surface area contributed by atoms with Gasteiger partial charge in [0, 0.05) is 12.6 Å². The highest BCUT2D eigenvalue weighted by atomic mass is 19.3. The van der Waals surface area contributed by atoms with Crippen LogP contribution in [0, 0.1) is 0 Å². The van der Waals surface area contributed by atoms with Crippen LogP contribution in [-0.2, 0) is 6.54 Å². The Kier molecular flexibility index (Phi) is 2.53. The Hall–Kier alpha value is -0.970. The zero-order chi connectivity index (χ0) is 8.27. The van der Waals surface area contributed by atoms with Gasteiger partial charge in [0.15, 0.2) is 0 Å². The Balaban J connectivity index is 2.66. The van der Waals surface area contributed by atoms with Crippen molar-refractivity contribution in [3.63, 3.8) is 0 Å². The van der Waals surface area contributed by atoms with Gasteiger partial charge in [-0.1, -0.05) is 5.16 Å². The molecule has 0 fully saturated rings. The van der Waals surface area contributed by atoms with E-state index >= 15 is 0 Å². The minimum absolute atomic E-state index is 0.379. The number of hydrogen-bond donors (Lipinski definition) is 1. The maximum atomic E-state index is 11.9. The number of hydrogen-bond acceptors (Lipinski definition) is 3. The first kappa shape index (κ1) is 8.13. The van der Waals surface area contributed by atoms with E-state index < -0.39 is 6.43 Å². The van der Waals surface area contributed by atoms with Crippen molar-refractivity contribution >= 4 is 0 Å². The number of rotatable bonds is 3. The third-order valence-corrected chi connectivity index (χ3v) is 1.15. The van der Waals surface area contributed by atoms with Gasteiger partial charge < -0.3 is 9.84 Å². The van der Waals surface area contributed by atoms with Crippen molar-refractivity contribution in [1.82, 2.24) is 10.5 Å². The van der Waals surface area contributed by atoms with Crippen LogP contribution in [0.2, 0.25) is 0 Å². The van der Waals surface area contributed by atoms with Gasteiger partial charge in [-0.25, -0.2) is 8.78 Å². The molecule has 0 bridgehead atoms. The van der Waals surface area contributed by atoms with Gasteiger partial charge >= 0.3 is 0 Å². The van der Waals surface area contributed by atoms with Gasteiger partial charge in [0.1, 0.15) is 0 Å². The van der Waals surface area contributed by atoms with E-state index in [1.165, 1.54) is 6.07 Å². The second-order valence-electron chi connectivity index (χ2n) is 2.05. The van der Waals surface area contributed by atoms with Crippen LogP contribution < -0.4 is 5.32 Å². The summed E-state index contributed by atoms with van der Waals surface area (Å²) < 4.78 is 28.1. The second kappa shape index (κ2) is 3.43. The number of alkyl halides is 2. The summed E-state index contributed by atoms with van der Waals surface area (Å²) in [5.41, 5.74) is 0.489. The fraction of sp³-hybridized carbons (Fsp3) is 0.500. The normalized spacial score (nSPS) is 10.9. The zero-order valence-corrected chi connectivity index (χ0v) is 5.97. The van der Waals surface area contributed by atoms with Crippen LogP contribution in [0.1, 0.15) is 17.9 Å². The first-order valence-corrected chi connectivity index (χ1v) is 3.12. The number of nitrogens with zero attached hydrogens (tertiary/aromatic N) is 1. The molecular formula is C6H8F2N2O. The maximum Gasteiger partial charge on any atom is 0.298 e. The van der Waals surface area contributed by atoms with Crippen LogP contribution >= 0.6 is 0 Å². The molecule has 1 N–H and O–H groups in total. The first-order chi connectivity index (χ1) is 5.24. The van der Waals surface area contributed by atoms with E-state index in [0.717, 1.165) is 0 Å². The molecule has 1 aromatic heterocycles. The van der Waals surface area contributed by atoms with Crippen molar-refractivity contribution in [3.05, 3.63) is 17.5 Å². The third kappa shape index (κ3) is 1.98. The minimum Gasteiger partial charge on any atom is -0.355 e. The fourth-order valence-electron chi connectivity index (χ4n) is 0.696. The molecule has 1 aromatic rings. The van der Waals surface area contributed by atoms with Crippen LogP contribution in [0.3, 0.4) is 0 Å². The van der Waals surface area contributed by atoms with Crippen LogP contribution in [0.15, 0.2) is 10.6 Å². The summed E-state index contributed by atoms with van der Waals surface area (Å²) in [7, 11) is 1.71. The van der Waals surface area contributed by atoms with E-state index in [2.05, 4.69) is 15.0 Å². The summed E-state index contributed by atoms with van der Waals surface area (Å²) in [5, 5.41) is 6.18. The van der Waals surface area contributed by atoms with E-state index in [4.69, 9.17) is 0 Å². The quantitative estimate of drug-likeness (QED) is 0.728. The first-order valence-electron chi connectivity index (χ1n) is 3.12. The highest BCUT2D eigenvalue weighted by molar-refractivity contribution is 5.05. The predicted molar refractivity (Wildman–Crippen MR) is 34.2 cm³/mol. The zero-order valence-electron chi connectivity index (χ0n) is 5.97. The summed E-state index contributed by atoms with van der Waals surface area (Å²) in [5.74, 6) is -0.379. The molecule has 0 aliphatic heterocycles. The van der Waals surface area contributed by atoms with E-state index in [0.29, 0.717) is 12.2 Å². The topological polar surface area (TPSA) is 38.1 Å². The SMILES string of the molecule is CNCc1cc(C(F)F)on1. The second-order valence-corrected chi connectivity index (χ2v) is 2.05. The number of aromatic nitrogens is 1. The minimum atomic E-state index is -2.58. The lowest BCUT2D eigenvalue weighted by molar-refractivity contribution is 0.112. The van der Waals surface area contributed by atoms with Gasteiger partial charge in [-0.15, -0.1) is 0 Å². The Morgan fingerprint density at radius 1 is 1.73 bits per heavy atom. The van der Waals surface area contributed by atoms with E-state index in [1.807, 2.05) is 0 Å². The Bertz CT molecular complexity index is 224. The Labute approximate surface area is 62.4 Å². The summed E-state index contributed by atoms with van der Waals surface area (Å²) in [6, 6.07) is 1.24. The lowest BCUT2D eigenvalue weighted by Gasteiger charge is -1.87. The van der Waals surface area contributed by atoms with Crippen LogP contribution in [0.5, 0.6) is 0 Å². The molecule has 1 rings (SSSR count). The lowest BCUT2D eigenvalue weighted by Crippen LogP contribution is -2.04.